The van der Waals surface area contributed by atoms with Crippen LogP contribution in [0.5, 0.6) is 0 Å². The maximum Gasteiger partial charge on any atom is 0.273 e. The Morgan fingerprint density at radius 1 is 1.55 bits per heavy atom. The highest BCUT2D eigenvalue weighted by Crippen LogP contribution is 2.34. The molecule has 0 aliphatic heterocycles. The van der Waals surface area contributed by atoms with Crippen LogP contribution in [0.2, 0.25) is 0 Å². The van der Waals surface area contributed by atoms with E-state index in [0.29, 0.717) is 6.42 Å². The third kappa shape index (κ3) is 1.87. The van der Waals surface area contributed by atoms with Crippen LogP contribution < -0.4 is 5.73 Å². The van der Waals surface area contributed by atoms with Crippen LogP contribution in [0.4, 0.5) is 8.78 Å². The van der Waals surface area contributed by atoms with Crippen LogP contribution in [0.25, 0.3) is 0 Å². The second kappa shape index (κ2) is 3.03. The summed E-state index contributed by atoms with van der Waals surface area (Å²) in [5.74, 6) is -2.68. The monoisotopic (exact) mass is 165 g/mol. The summed E-state index contributed by atoms with van der Waals surface area (Å²) in [7, 11) is 1.30. The number of halogens is 2. The van der Waals surface area contributed by atoms with Crippen LogP contribution in [0, 0.1) is 0 Å². The second-order valence-electron chi connectivity index (χ2n) is 3.02. The zero-order valence-corrected chi connectivity index (χ0v) is 6.52. The van der Waals surface area contributed by atoms with Gasteiger partial charge in [0.2, 0.25) is 0 Å². The average molecular weight is 165 g/mol. The molecule has 1 fully saturated rings. The molecule has 0 aromatic rings. The first-order valence-electron chi connectivity index (χ1n) is 3.72. The van der Waals surface area contributed by atoms with E-state index >= 15 is 0 Å². The minimum atomic E-state index is -2.68. The highest BCUT2D eigenvalue weighted by molar-refractivity contribution is 4.87. The van der Waals surface area contributed by atoms with Gasteiger partial charge in [-0.2, -0.15) is 0 Å². The SMILES string of the molecule is CO[C@@H]1C[C@H](N)CCC1(F)F. The normalized spacial score (nSPS) is 37.1. The maximum absolute atomic E-state index is 12.9. The van der Waals surface area contributed by atoms with E-state index in [1.165, 1.54) is 7.11 Å². The van der Waals surface area contributed by atoms with E-state index in [2.05, 4.69) is 4.74 Å². The Bertz CT molecular complexity index is 140. The van der Waals surface area contributed by atoms with E-state index in [4.69, 9.17) is 5.73 Å². The molecule has 0 amide bonds. The molecule has 0 heterocycles. The maximum atomic E-state index is 12.9. The minimum Gasteiger partial charge on any atom is -0.375 e. The molecule has 2 nitrogen and oxygen atoms in total. The Labute approximate surface area is 64.7 Å². The van der Waals surface area contributed by atoms with Crippen molar-refractivity contribution in [1.82, 2.24) is 0 Å². The lowest BCUT2D eigenvalue weighted by Gasteiger charge is -2.33. The highest BCUT2D eigenvalue weighted by atomic mass is 19.3. The quantitative estimate of drug-likeness (QED) is 0.632. The lowest BCUT2D eigenvalue weighted by atomic mass is 9.90. The molecule has 11 heavy (non-hydrogen) atoms. The van der Waals surface area contributed by atoms with Crippen molar-refractivity contribution >= 4 is 0 Å². The van der Waals surface area contributed by atoms with Crippen LogP contribution in [0.1, 0.15) is 19.3 Å². The smallest absolute Gasteiger partial charge is 0.273 e. The second-order valence-corrected chi connectivity index (χ2v) is 3.02. The fraction of sp³-hybridized carbons (Fsp3) is 1.00. The standard InChI is InChI=1S/C7H13F2NO/c1-11-6-4-5(10)2-3-7(6,8)9/h5-6H,2-4,10H2,1H3/t5-,6-/m1/s1. The van der Waals surface area contributed by atoms with Gasteiger partial charge in [-0.15, -0.1) is 0 Å². The summed E-state index contributed by atoms with van der Waals surface area (Å²) in [6.07, 6.45) is -0.463. The molecule has 66 valence electrons. The van der Waals surface area contributed by atoms with Crippen LogP contribution in [-0.4, -0.2) is 25.2 Å². The molecule has 0 aromatic carbocycles. The Kier molecular flexibility index (Phi) is 2.44. The Morgan fingerprint density at radius 2 is 2.18 bits per heavy atom. The summed E-state index contributed by atoms with van der Waals surface area (Å²) in [5, 5.41) is 0. The van der Waals surface area contributed by atoms with E-state index in [1.807, 2.05) is 0 Å². The summed E-state index contributed by atoms with van der Waals surface area (Å²) in [5.41, 5.74) is 5.51. The lowest BCUT2D eigenvalue weighted by molar-refractivity contribution is -0.148. The third-order valence-electron chi connectivity index (χ3n) is 2.12. The number of ether oxygens (including phenoxy) is 1. The molecular formula is C7H13F2NO. The average Bonchev–Trinajstić information content (AvgIpc) is 1.94. The first-order chi connectivity index (χ1) is 5.06. The Morgan fingerprint density at radius 3 is 2.64 bits per heavy atom. The predicted molar refractivity (Wildman–Crippen MR) is 37.6 cm³/mol. The molecule has 0 aromatic heterocycles. The van der Waals surface area contributed by atoms with Gasteiger partial charge in [0.25, 0.3) is 5.92 Å². The molecular weight excluding hydrogens is 152 g/mol. The summed E-state index contributed by atoms with van der Waals surface area (Å²) in [6.45, 7) is 0. The Hall–Kier alpha value is -0.220. The fourth-order valence-corrected chi connectivity index (χ4v) is 1.37. The van der Waals surface area contributed by atoms with Crippen LogP contribution in [0.3, 0.4) is 0 Å². The largest absolute Gasteiger partial charge is 0.375 e. The third-order valence-corrected chi connectivity index (χ3v) is 2.12. The zero-order chi connectivity index (χ0) is 8.48. The van der Waals surface area contributed by atoms with Gasteiger partial charge in [-0.25, -0.2) is 8.78 Å². The first kappa shape index (κ1) is 8.87. The van der Waals surface area contributed by atoms with Crippen molar-refractivity contribution in [3.8, 4) is 0 Å². The molecule has 1 aliphatic carbocycles. The van der Waals surface area contributed by atoms with Gasteiger partial charge in [0.15, 0.2) is 0 Å². The number of hydrogen-bond acceptors (Lipinski definition) is 2. The number of nitrogens with two attached hydrogens (primary N) is 1. The van der Waals surface area contributed by atoms with Gasteiger partial charge < -0.3 is 10.5 Å². The van der Waals surface area contributed by atoms with Crippen molar-refractivity contribution in [3.05, 3.63) is 0 Å². The number of methoxy groups -OCH3 is 1. The molecule has 4 heteroatoms. The topological polar surface area (TPSA) is 35.2 Å². The number of rotatable bonds is 1. The molecule has 1 rings (SSSR count). The molecule has 0 radical (unpaired) electrons. The minimum absolute atomic E-state index is 0.125. The summed E-state index contributed by atoms with van der Waals surface area (Å²) < 4.78 is 30.4. The van der Waals surface area contributed by atoms with Crippen molar-refractivity contribution in [2.75, 3.05) is 7.11 Å². The van der Waals surface area contributed by atoms with Crippen LogP contribution >= 0.6 is 0 Å². The molecule has 0 saturated heterocycles. The van der Waals surface area contributed by atoms with Crippen molar-refractivity contribution < 1.29 is 13.5 Å². The molecule has 1 aliphatic rings. The van der Waals surface area contributed by atoms with Crippen molar-refractivity contribution in [2.24, 2.45) is 5.73 Å². The lowest BCUT2D eigenvalue weighted by Crippen LogP contribution is -2.45. The predicted octanol–water partition coefficient (Wildman–Crippen LogP) is 1.15. The van der Waals surface area contributed by atoms with E-state index < -0.39 is 12.0 Å². The van der Waals surface area contributed by atoms with E-state index in [9.17, 15) is 8.78 Å². The number of alkyl halides is 2. The van der Waals surface area contributed by atoms with Crippen molar-refractivity contribution in [2.45, 2.75) is 37.3 Å². The Balaban J connectivity index is 2.56. The van der Waals surface area contributed by atoms with Crippen molar-refractivity contribution in [1.29, 1.82) is 0 Å². The van der Waals surface area contributed by atoms with Crippen molar-refractivity contribution in [3.63, 3.8) is 0 Å². The molecule has 0 bridgehead atoms. The number of hydrogen-bond donors (Lipinski definition) is 1. The molecule has 1 saturated carbocycles. The van der Waals surface area contributed by atoms with Crippen LogP contribution in [-0.2, 0) is 4.74 Å². The van der Waals surface area contributed by atoms with Gasteiger partial charge in [0.05, 0.1) is 0 Å². The first-order valence-corrected chi connectivity index (χ1v) is 3.72. The molecule has 0 spiro atoms. The summed E-state index contributed by atoms with van der Waals surface area (Å²) in [6, 6.07) is -0.125. The van der Waals surface area contributed by atoms with E-state index in [-0.39, 0.29) is 18.9 Å². The zero-order valence-electron chi connectivity index (χ0n) is 6.52. The fourth-order valence-electron chi connectivity index (χ4n) is 1.37. The van der Waals surface area contributed by atoms with Gasteiger partial charge >= 0.3 is 0 Å². The van der Waals surface area contributed by atoms with E-state index in [1.54, 1.807) is 0 Å². The van der Waals surface area contributed by atoms with Gasteiger partial charge in [0.1, 0.15) is 6.10 Å². The summed E-state index contributed by atoms with van der Waals surface area (Å²) in [4.78, 5) is 0. The summed E-state index contributed by atoms with van der Waals surface area (Å²) >= 11 is 0. The van der Waals surface area contributed by atoms with Gasteiger partial charge in [0, 0.05) is 19.6 Å². The highest BCUT2D eigenvalue weighted by Gasteiger charge is 2.43. The van der Waals surface area contributed by atoms with Gasteiger partial charge in [-0.05, 0) is 12.8 Å². The van der Waals surface area contributed by atoms with Crippen LogP contribution in [0.15, 0.2) is 0 Å². The van der Waals surface area contributed by atoms with Gasteiger partial charge in [-0.3, -0.25) is 0 Å². The molecule has 2 atom stereocenters. The van der Waals surface area contributed by atoms with Gasteiger partial charge in [-0.1, -0.05) is 0 Å². The van der Waals surface area contributed by atoms with E-state index in [0.717, 1.165) is 0 Å². The molecule has 2 N–H and O–H groups in total. The molecule has 0 unspecified atom stereocenters.